The van der Waals surface area contributed by atoms with Gasteiger partial charge in [-0.1, -0.05) is 23.3 Å². The number of hydrogen-bond donors (Lipinski definition) is 0. The van der Waals surface area contributed by atoms with Crippen LogP contribution in [0, 0.1) is 0 Å². The van der Waals surface area contributed by atoms with Crippen molar-refractivity contribution in [2.24, 2.45) is 0 Å². The number of carbonyl (C=O) groups is 2. The Morgan fingerprint density at radius 2 is 1.53 bits per heavy atom. The second kappa shape index (κ2) is 10.5. The standard InChI is InChI=1S/C16H26O3/c1-13(2)7-5-8-14(3)9-6-10-16(18)11-12-19-15(4)17/h7,9H,5-6,8,10-12H2,1-4H3/b14-9+. The highest BCUT2D eigenvalue weighted by Gasteiger charge is 2.02. The van der Waals surface area contributed by atoms with E-state index in [2.05, 4.69) is 32.9 Å². The van der Waals surface area contributed by atoms with Crippen molar-refractivity contribution in [2.45, 2.75) is 59.8 Å². The van der Waals surface area contributed by atoms with Crippen molar-refractivity contribution in [1.29, 1.82) is 0 Å². The zero-order valence-corrected chi connectivity index (χ0v) is 12.6. The molecule has 0 rings (SSSR count). The van der Waals surface area contributed by atoms with E-state index in [4.69, 9.17) is 4.74 Å². The normalized spacial score (nSPS) is 11.1. The van der Waals surface area contributed by atoms with Gasteiger partial charge < -0.3 is 4.74 Å². The van der Waals surface area contributed by atoms with Gasteiger partial charge in [0.05, 0.1) is 6.61 Å². The van der Waals surface area contributed by atoms with Gasteiger partial charge >= 0.3 is 5.97 Å². The van der Waals surface area contributed by atoms with E-state index in [0.29, 0.717) is 12.8 Å². The lowest BCUT2D eigenvalue weighted by atomic mass is 10.1. The fourth-order valence-electron chi connectivity index (χ4n) is 1.60. The summed E-state index contributed by atoms with van der Waals surface area (Å²) in [7, 11) is 0. The quantitative estimate of drug-likeness (QED) is 0.468. The van der Waals surface area contributed by atoms with Crippen molar-refractivity contribution in [1.82, 2.24) is 0 Å². The van der Waals surface area contributed by atoms with Gasteiger partial charge in [0.15, 0.2) is 0 Å². The van der Waals surface area contributed by atoms with E-state index >= 15 is 0 Å². The number of ether oxygens (including phenoxy) is 1. The largest absolute Gasteiger partial charge is 0.465 e. The molecule has 0 heterocycles. The molecule has 0 aliphatic rings. The molecule has 3 nitrogen and oxygen atoms in total. The monoisotopic (exact) mass is 266 g/mol. The zero-order valence-electron chi connectivity index (χ0n) is 12.6. The number of Topliss-reactive ketones (excluding diaryl/α,β-unsaturated/α-hetero) is 1. The highest BCUT2D eigenvalue weighted by Crippen LogP contribution is 2.09. The molecule has 3 heteroatoms. The summed E-state index contributed by atoms with van der Waals surface area (Å²) in [4.78, 5) is 22.0. The lowest BCUT2D eigenvalue weighted by Gasteiger charge is -2.01. The number of carbonyl (C=O) groups excluding carboxylic acids is 2. The van der Waals surface area contributed by atoms with Gasteiger partial charge in [0.2, 0.25) is 0 Å². The van der Waals surface area contributed by atoms with Crippen LogP contribution >= 0.6 is 0 Å². The maximum atomic E-state index is 11.5. The molecule has 0 aliphatic carbocycles. The molecule has 0 spiro atoms. The van der Waals surface area contributed by atoms with Crippen LogP contribution < -0.4 is 0 Å². The summed E-state index contributed by atoms with van der Waals surface area (Å²) in [6.45, 7) is 7.85. The van der Waals surface area contributed by atoms with Crippen molar-refractivity contribution in [3.8, 4) is 0 Å². The Morgan fingerprint density at radius 3 is 2.11 bits per heavy atom. The highest BCUT2D eigenvalue weighted by atomic mass is 16.5. The summed E-state index contributed by atoms with van der Waals surface area (Å²) in [5, 5.41) is 0. The van der Waals surface area contributed by atoms with Crippen LogP contribution in [0.25, 0.3) is 0 Å². The topological polar surface area (TPSA) is 43.4 Å². The van der Waals surface area contributed by atoms with Gasteiger partial charge in [-0.25, -0.2) is 0 Å². The lowest BCUT2D eigenvalue weighted by Crippen LogP contribution is -2.06. The highest BCUT2D eigenvalue weighted by molar-refractivity contribution is 5.78. The Morgan fingerprint density at radius 1 is 0.895 bits per heavy atom. The number of hydrogen-bond acceptors (Lipinski definition) is 3. The average molecular weight is 266 g/mol. The van der Waals surface area contributed by atoms with Crippen LogP contribution in [0.15, 0.2) is 23.3 Å². The molecule has 0 N–H and O–H groups in total. The summed E-state index contributed by atoms with van der Waals surface area (Å²) in [6, 6.07) is 0. The van der Waals surface area contributed by atoms with Gasteiger partial charge in [-0.2, -0.15) is 0 Å². The molecule has 0 radical (unpaired) electrons. The van der Waals surface area contributed by atoms with Crippen molar-refractivity contribution in [3.05, 3.63) is 23.3 Å². The SMILES string of the molecule is CC(=O)OCCC(=O)CC/C=C(\C)CCC=C(C)C. The third-order valence-electron chi connectivity index (χ3n) is 2.69. The fourth-order valence-corrected chi connectivity index (χ4v) is 1.60. The Kier molecular flexibility index (Phi) is 9.77. The predicted molar refractivity (Wildman–Crippen MR) is 77.9 cm³/mol. The lowest BCUT2D eigenvalue weighted by molar-refractivity contribution is -0.141. The molecule has 0 aromatic rings. The van der Waals surface area contributed by atoms with E-state index in [9.17, 15) is 9.59 Å². The summed E-state index contributed by atoms with van der Waals surface area (Å²) < 4.78 is 4.73. The van der Waals surface area contributed by atoms with Crippen molar-refractivity contribution in [2.75, 3.05) is 6.61 Å². The molecule has 0 aromatic heterocycles. The first-order valence-corrected chi connectivity index (χ1v) is 6.86. The smallest absolute Gasteiger partial charge is 0.302 e. The molecule has 19 heavy (non-hydrogen) atoms. The Hall–Kier alpha value is -1.38. The molecular formula is C16H26O3. The third kappa shape index (κ3) is 12.9. The van der Waals surface area contributed by atoms with Gasteiger partial charge in [-0.05, 0) is 40.0 Å². The molecular weight excluding hydrogens is 240 g/mol. The first kappa shape index (κ1) is 17.6. The van der Waals surface area contributed by atoms with E-state index in [0.717, 1.165) is 19.3 Å². The van der Waals surface area contributed by atoms with Crippen molar-refractivity contribution >= 4 is 11.8 Å². The minimum absolute atomic E-state index is 0.148. The van der Waals surface area contributed by atoms with E-state index in [1.807, 2.05) is 0 Å². The van der Waals surface area contributed by atoms with Crippen LogP contribution in [-0.2, 0) is 14.3 Å². The maximum absolute atomic E-state index is 11.5. The zero-order chi connectivity index (χ0) is 14.7. The fraction of sp³-hybridized carbons (Fsp3) is 0.625. The van der Waals surface area contributed by atoms with Gasteiger partial charge in [-0.3, -0.25) is 9.59 Å². The van der Waals surface area contributed by atoms with E-state index in [1.54, 1.807) is 0 Å². The molecule has 0 amide bonds. The van der Waals surface area contributed by atoms with Gasteiger partial charge in [-0.15, -0.1) is 0 Å². The Labute approximate surface area is 116 Å². The van der Waals surface area contributed by atoms with Crippen LogP contribution in [0.3, 0.4) is 0 Å². The molecule has 0 saturated carbocycles. The minimum Gasteiger partial charge on any atom is -0.465 e. The first-order valence-electron chi connectivity index (χ1n) is 6.86. The van der Waals surface area contributed by atoms with Crippen LogP contribution in [0.4, 0.5) is 0 Å². The molecule has 0 aliphatic heterocycles. The van der Waals surface area contributed by atoms with Crippen molar-refractivity contribution < 1.29 is 14.3 Å². The first-order chi connectivity index (χ1) is 8.91. The molecule has 0 aromatic carbocycles. The van der Waals surface area contributed by atoms with E-state index in [-0.39, 0.29) is 18.4 Å². The summed E-state index contributed by atoms with van der Waals surface area (Å²) >= 11 is 0. The number of allylic oxidation sites excluding steroid dienone is 4. The molecule has 0 atom stereocenters. The summed E-state index contributed by atoms with van der Waals surface area (Å²) in [5.74, 6) is -0.183. The summed E-state index contributed by atoms with van der Waals surface area (Å²) in [6.07, 6.45) is 8.09. The van der Waals surface area contributed by atoms with E-state index < -0.39 is 0 Å². The third-order valence-corrected chi connectivity index (χ3v) is 2.69. The van der Waals surface area contributed by atoms with Gasteiger partial charge in [0, 0.05) is 19.8 Å². The predicted octanol–water partition coefficient (Wildman–Crippen LogP) is 3.98. The number of ketones is 1. The molecule has 0 saturated heterocycles. The van der Waals surface area contributed by atoms with Gasteiger partial charge in [0.1, 0.15) is 5.78 Å². The maximum Gasteiger partial charge on any atom is 0.302 e. The van der Waals surface area contributed by atoms with Crippen LogP contribution in [0.2, 0.25) is 0 Å². The van der Waals surface area contributed by atoms with Crippen LogP contribution in [0.1, 0.15) is 59.8 Å². The summed E-state index contributed by atoms with van der Waals surface area (Å²) in [5.41, 5.74) is 2.67. The average Bonchev–Trinajstić information content (AvgIpc) is 2.27. The van der Waals surface area contributed by atoms with E-state index in [1.165, 1.54) is 18.1 Å². The molecule has 0 bridgehead atoms. The van der Waals surface area contributed by atoms with Crippen LogP contribution in [0.5, 0.6) is 0 Å². The molecule has 108 valence electrons. The number of esters is 1. The number of rotatable bonds is 9. The minimum atomic E-state index is -0.331. The van der Waals surface area contributed by atoms with Crippen LogP contribution in [-0.4, -0.2) is 18.4 Å². The second-order valence-corrected chi connectivity index (χ2v) is 5.04. The molecule has 0 unspecified atom stereocenters. The Balaban J connectivity index is 3.72. The Bertz CT molecular complexity index is 347. The van der Waals surface area contributed by atoms with Gasteiger partial charge in [0.25, 0.3) is 0 Å². The second-order valence-electron chi connectivity index (χ2n) is 5.04. The van der Waals surface area contributed by atoms with Crippen molar-refractivity contribution in [3.63, 3.8) is 0 Å². The molecule has 0 fully saturated rings.